The number of pyridine rings is 1. The summed E-state index contributed by atoms with van der Waals surface area (Å²) in [6, 6.07) is 12.2. The Kier molecular flexibility index (Phi) is 4.22. The van der Waals surface area contributed by atoms with Gasteiger partial charge in [-0.1, -0.05) is 12.1 Å². The normalized spacial score (nSPS) is 16.8. The van der Waals surface area contributed by atoms with Gasteiger partial charge in [0.15, 0.2) is 5.65 Å². The Morgan fingerprint density at radius 3 is 3.07 bits per heavy atom. The average Bonchev–Trinajstić information content (AvgIpc) is 3.43. The number of benzene rings is 1. The van der Waals surface area contributed by atoms with E-state index in [0.717, 1.165) is 41.1 Å². The molecule has 9 heteroatoms. The summed E-state index contributed by atoms with van der Waals surface area (Å²) in [4.78, 5) is 4.69. The van der Waals surface area contributed by atoms with Crippen molar-refractivity contribution < 1.29 is 4.74 Å². The van der Waals surface area contributed by atoms with Crippen LogP contribution in [0.15, 0.2) is 40.5 Å². The highest BCUT2D eigenvalue weighted by Gasteiger charge is 2.21. The van der Waals surface area contributed by atoms with Gasteiger partial charge in [0.25, 0.3) is 0 Å². The smallest absolute Gasteiger partial charge is 0.215 e. The van der Waals surface area contributed by atoms with Gasteiger partial charge in [0.2, 0.25) is 5.16 Å². The Balaban J connectivity index is 1.62. The molecule has 0 radical (unpaired) electrons. The topological polar surface area (TPSA) is 93.9 Å². The molecule has 140 valence electrons. The monoisotopic (exact) mass is 391 g/mol. The molecule has 1 atom stereocenters. The molecule has 0 spiro atoms. The molecule has 1 aliphatic heterocycles. The van der Waals surface area contributed by atoms with Crippen molar-refractivity contribution in [2.75, 3.05) is 6.61 Å². The first-order chi connectivity index (χ1) is 13.7. The molecular formula is C19H17N7OS. The van der Waals surface area contributed by atoms with Crippen molar-refractivity contribution in [3.8, 4) is 6.07 Å². The Hall–Kier alpha value is -2.96. The molecule has 4 heterocycles. The largest absolute Gasteiger partial charge is 0.376 e. The van der Waals surface area contributed by atoms with Gasteiger partial charge in [-0.25, -0.2) is 9.67 Å². The third kappa shape index (κ3) is 2.82. The summed E-state index contributed by atoms with van der Waals surface area (Å²) in [6.45, 7) is 3.36. The zero-order valence-corrected chi connectivity index (χ0v) is 16.1. The van der Waals surface area contributed by atoms with Gasteiger partial charge < -0.3 is 4.74 Å². The number of hydrogen-bond donors (Lipinski definition) is 0. The third-order valence-corrected chi connectivity index (χ3v) is 5.93. The highest BCUT2D eigenvalue weighted by atomic mass is 32.2. The lowest BCUT2D eigenvalue weighted by Gasteiger charge is -2.12. The second-order valence-corrected chi connectivity index (χ2v) is 7.78. The molecule has 1 unspecified atom stereocenters. The summed E-state index contributed by atoms with van der Waals surface area (Å²) in [5.41, 5.74) is 3.93. The Bertz CT molecular complexity index is 1220. The van der Waals surface area contributed by atoms with E-state index in [-0.39, 0.29) is 6.10 Å². The molecular weight excluding hydrogens is 374 g/mol. The summed E-state index contributed by atoms with van der Waals surface area (Å²) >= 11 is 1.47. The fraction of sp³-hybridized carbons (Fsp3) is 0.316. The zero-order valence-electron chi connectivity index (χ0n) is 15.2. The summed E-state index contributed by atoms with van der Waals surface area (Å²) < 4.78 is 9.52. The summed E-state index contributed by atoms with van der Waals surface area (Å²) in [7, 11) is 0. The molecule has 1 saturated heterocycles. The molecule has 1 aliphatic rings. The van der Waals surface area contributed by atoms with Gasteiger partial charge in [-0.3, -0.25) is 4.40 Å². The van der Waals surface area contributed by atoms with Gasteiger partial charge in [0.05, 0.1) is 34.3 Å². The molecule has 0 bridgehead atoms. The lowest BCUT2D eigenvalue weighted by atomic mass is 10.2. The number of tetrazole rings is 1. The molecule has 1 fully saturated rings. The van der Waals surface area contributed by atoms with Crippen LogP contribution in [-0.2, 0) is 11.3 Å². The van der Waals surface area contributed by atoms with E-state index in [9.17, 15) is 5.26 Å². The fourth-order valence-electron chi connectivity index (χ4n) is 3.59. The average molecular weight is 391 g/mol. The fourth-order valence-corrected chi connectivity index (χ4v) is 4.58. The first-order valence-corrected chi connectivity index (χ1v) is 9.93. The summed E-state index contributed by atoms with van der Waals surface area (Å²) in [5, 5.41) is 23.4. The van der Waals surface area contributed by atoms with Crippen molar-refractivity contribution in [3.05, 3.63) is 41.5 Å². The quantitative estimate of drug-likeness (QED) is 0.528. The Morgan fingerprint density at radius 2 is 2.25 bits per heavy atom. The maximum atomic E-state index is 9.63. The number of aryl methyl sites for hydroxylation is 1. The van der Waals surface area contributed by atoms with Gasteiger partial charge >= 0.3 is 0 Å². The van der Waals surface area contributed by atoms with Crippen LogP contribution in [0.4, 0.5) is 0 Å². The molecule has 4 aromatic rings. The number of imidazole rings is 1. The van der Waals surface area contributed by atoms with Crippen LogP contribution in [0.5, 0.6) is 0 Å². The number of ether oxygens (including phenoxy) is 1. The van der Waals surface area contributed by atoms with Crippen molar-refractivity contribution in [1.29, 1.82) is 5.26 Å². The second kappa shape index (κ2) is 6.89. The molecule has 28 heavy (non-hydrogen) atoms. The molecule has 8 nitrogen and oxygen atoms in total. The van der Waals surface area contributed by atoms with E-state index in [0.29, 0.717) is 22.9 Å². The maximum absolute atomic E-state index is 9.63. The van der Waals surface area contributed by atoms with Gasteiger partial charge in [-0.05, 0) is 65.7 Å². The van der Waals surface area contributed by atoms with Crippen molar-refractivity contribution in [2.45, 2.75) is 42.6 Å². The number of rotatable bonds is 4. The van der Waals surface area contributed by atoms with Crippen LogP contribution >= 0.6 is 11.8 Å². The third-order valence-electron chi connectivity index (χ3n) is 4.95. The lowest BCUT2D eigenvalue weighted by Crippen LogP contribution is -2.16. The molecule has 0 aliphatic carbocycles. The molecule has 0 saturated carbocycles. The Morgan fingerprint density at radius 1 is 1.36 bits per heavy atom. The van der Waals surface area contributed by atoms with Gasteiger partial charge in [-0.15, -0.1) is 5.10 Å². The van der Waals surface area contributed by atoms with Crippen molar-refractivity contribution in [1.82, 2.24) is 29.6 Å². The number of hydrogen-bond acceptors (Lipinski definition) is 7. The number of para-hydroxylation sites is 2. The standard InChI is InChI=1S/C19H17N7OS/c1-12-9-17(28-19-22-23-24-25(19)11-13-5-4-8-27-13)26-16-7-3-2-6-15(16)21-18(26)14(12)10-20/h2-3,6-7,9,13H,4-5,8,11H2,1H3. The van der Waals surface area contributed by atoms with Crippen LogP contribution in [0.2, 0.25) is 0 Å². The van der Waals surface area contributed by atoms with Gasteiger partial charge in [0, 0.05) is 6.61 Å². The minimum Gasteiger partial charge on any atom is -0.376 e. The van der Waals surface area contributed by atoms with E-state index in [4.69, 9.17) is 9.72 Å². The van der Waals surface area contributed by atoms with E-state index in [2.05, 4.69) is 21.6 Å². The van der Waals surface area contributed by atoms with Crippen molar-refractivity contribution >= 4 is 28.4 Å². The molecule has 1 aromatic carbocycles. The van der Waals surface area contributed by atoms with Crippen LogP contribution in [0, 0.1) is 18.3 Å². The minimum absolute atomic E-state index is 0.152. The van der Waals surface area contributed by atoms with E-state index in [1.807, 2.05) is 41.7 Å². The maximum Gasteiger partial charge on any atom is 0.215 e. The van der Waals surface area contributed by atoms with Gasteiger partial charge in [-0.2, -0.15) is 5.26 Å². The van der Waals surface area contributed by atoms with Crippen LogP contribution in [0.1, 0.15) is 24.0 Å². The first kappa shape index (κ1) is 17.2. The second-order valence-electron chi connectivity index (χ2n) is 6.79. The zero-order chi connectivity index (χ0) is 19.1. The molecule has 3 aromatic heterocycles. The van der Waals surface area contributed by atoms with Crippen LogP contribution in [0.3, 0.4) is 0 Å². The molecule has 0 amide bonds. The van der Waals surface area contributed by atoms with Crippen LogP contribution in [-0.4, -0.2) is 42.3 Å². The SMILES string of the molecule is Cc1cc(Sc2nnnn2CC2CCCO2)n2c(nc3ccccc32)c1C#N. The predicted molar refractivity (Wildman–Crippen MR) is 103 cm³/mol. The number of fused-ring (bicyclic) bond motifs is 3. The Labute approximate surface area is 165 Å². The van der Waals surface area contributed by atoms with Crippen LogP contribution < -0.4 is 0 Å². The van der Waals surface area contributed by atoms with E-state index in [1.54, 1.807) is 4.68 Å². The number of nitrogens with zero attached hydrogens (tertiary/aromatic N) is 7. The van der Waals surface area contributed by atoms with E-state index in [1.165, 1.54) is 11.8 Å². The van der Waals surface area contributed by atoms with Crippen molar-refractivity contribution in [3.63, 3.8) is 0 Å². The highest BCUT2D eigenvalue weighted by Crippen LogP contribution is 2.32. The van der Waals surface area contributed by atoms with E-state index >= 15 is 0 Å². The molecule has 5 rings (SSSR count). The number of nitriles is 1. The number of aromatic nitrogens is 6. The highest BCUT2D eigenvalue weighted by molar-refractivity contribution is 7.99. The van der Waals surface area contributed by atoms with Crippen LogP contribution in [0.25, 0.3) is 16.7 Å². The molecule has 0 N–H and O–H groups in total. The predicted octanol–water partition coefficient (Wildman–Crippen LogP) is 2.98. The van der Waals surface area contributed by atoms with Gasteiger partial charge in [0.1, 0.15) is 6.07 Å². The minimum atomic E-state index is 0.152. The summed E-state index contributed by atoms with van der Waals surface area (Å²) in [5.74, 6) is 0. The summed E-state index contributed by atoms with van der Waals surface area (Å²) in [6.07, 6.45) is 2.25. The van der Waals surface area contributed by atoms with E-state index < -0.39 is 0 Å². The lowest BCUT2D eigenvalue weighted by molar-refractivity contribution is 0.0912. The van der Waals surface area contributed by atoms with Crippen molar-refractivity contribution in [2.24, 2.45) is 0 Å². The first-order valence-electron chi connectivity index (χ1n) is 9.11.